The Labute approximate surface area is 525 Å². The zero-order chi connectivity index (χ0) is 67.0. The second-order valence-corrected chi connectivity index (χ2v) is 24.8. The summed E-state index contributed by atoms with van der Waals surface area (Å²) >= 11 is 0. The number of fused-ring (bicyclic) bond motifs is 1. The Bertz CT molecular complexity index is 3200. The molecule has 0 saturated heterocycles. The molecule has 11 amide bonds. The maximum Gasteiger partial charge on any atom is 0.251 e. The largest absolute Gasteiger partial charge is 0.370 e. The molecule has 2 aromatic carbocycles. The molecule has 4 aromatic rings. The van der Waals surface area contributed by atoms with Gasteiger partial charge in [-0.1, -0.05) is 66.2 Å². The number of nitriles is 1. The number of aromatic amines is 2. The molecule has 4 rings (SSSR count). The maximum absolute atomic E-state index is 14.3. The predicted molar refractivity (Wildman–Crippen MR) is 339 cm³/mol. The van der Waals surface area contributed by atoms with Gasteiger partial charge in [-0.05, 0) is 87.5 Å². The lowest BCUT2D eigenvalue weighted by Gasteiger charge is -2.38. The van der Waals surface area contributed by atoms with Crippen LogP contribution in [0.2, 0.25) is 0 Å². The summed E-state index contributed by atoms with van der Waals surface area (Å²) in [6.07, 6.45) is 5.63. The van der Waals surface area contributed by atoms with Crippen LogP contribution in [0.4, 0.5) is 5.69 Å². The Balaban J connectivity index is 1.41. The number of amides is 11. The number of quaternary nitrogens is 1. The van der Waals surface area contributed by atoms with E-state index in [1.54, 1.807) is 45.2 Å². The van der Waals surface area contributed by atoms with Gasteiger partial charge in [0.15, 0.2) is 0 Å². The number of nitrogens with zero attached hydrogens (tertiary/aromatic N) is 3. The quantitative estimate of drug-likeness (QED) is 0.0225. The van der Waals surface area contributed by atoms with Crippen molar-refractivity contribution in [2.75, 3.05) is 34.2 Å². The van der Waals surface area contributed by atoms with Gasteiger partial charge in [-0.3, -0.25) is 57.2 Å². The van der Waals surface area contributed by atoms with E-state index >= 15 is 0 Å². The van der Waals surface area contributed by atoms with Crippen LogP contribution in [0.1, 0.15) is 140 Å². The third-order valence-corrected chi connectivity index (χ3v) is 15.7. The molecule has 0 unspecified atom stereocenters. The molecule has 0 spiro atoms. The minimum absolute atomic E-state index is 0.0294. The minimum Gasteiger partial charge on any atom is -0.370 e. The highest BCUT2D eigenvalue weighted by Crippen LogP contribution is 2.27. The number of nitrogens with one attached hydrogen (secondary N) is 11. The number of nitrogens with two attached hydrogens (primary N) is 2. The van der Waals surface area contributed by atoms with Gasteiger partial charge >= 0.3 is 0 Å². The monoisotopic (exact) mass is 1250 g/mol. The molecule has 0 aliphatic heterocycles. The molecular formula is C63H93N16O11+. The minimum atomic E-state index is -1.37. The Morgan fingerprint density at radius 2 is 1.36 bits per heavy atom. The van der Waals surface area contributed by atoms with Crippen molar-refractivity contribution in [1.29, 1.82) is 5.26 Å². The average Bonchev–Trinajstić information content (AvgIpc) is 1.60. The summed E-state index contributed by atoms with van der Waals surface area (Å²) in [5.74, 6) is -7.91. The van der Waals surface area contributed by atoms with Crippen molar-refractivity contribution in [1.82, 2.24) is 67.3 Å². The van der Waals surface area contributed by atoms with Crippen molar-refractivity contribution in [2.24, 2.45) is 29.2 Å². The van der Waals surface area contributed by atoms with E-state index in [9.17, 15) is 58.0 Å². The van der Waals surface area contributed by atoms with Crippen LogP contribution in [-0.4, -0.2) is 156 Å². The van der Waals surface area contributed by atoms with Crippen LogP contribution >= 0.6 is 0 Å². The average molecular weight is 1250 g/mol. The first-order valence-electron chi connectivity index (χ1n) is 30.5. The lowest BCUT2D eigenvalue weighted by atomic mass is 9.80. The van der Waals surface area contributed by atoms with Gasteiger partial charge < -0.3 is 69.3 Å². The first-order chi connectivity index (χ1) is 42.3. The van der Waals surface area contributed by atoms with Crippen molar-refractivity contribution in [3.63, 3.8) is 0 Å². The van der Waals surface area contributed by atoms with Gasteiger partial charge in [0.2, 0.25) is 59.1 Å². The maximum atomic E-state index is 14.3. The number of para-hydroxylation sites is 1. The second-order valence-electron chi connectivity index (χ2n) is 24.8. The summed E-state index contributed by atoms with van der Waals surface area (Å²) in [6, 6.07) is 6.97. The van der Waals surface area contributed by atoms with E-state index in [1.807, 2.05) is 67.0 Å². The van der Waals surface area contributed by atoms with Gasteiger partial charge in [0, 0.05) is 84.8 Å². The van der Waals surface area contributed by atoms with Crippen LogP contribution in [0.15, 0.2) is 61.2 Å². The van der Waals surface area contributed by atoms with E-state index in [4.69, 9.17) is 11.5 Å². The smallest absolute Gasteiger partial charge is 0.251 e. The van der Waals surface area contributed by atoms with E-state index in [2.05, 4.69) is 68.9 Å². The number of primary amides is 2. The summed E-state index contributed by atoms with van der Waals surface area (Å²) in [5, 5.41) is 34.8. The molecule has 490 valence electrons. The molecule has 0 fully saturated rings. The Hall–Kier alpha value is -9.19. The number of rotatable bonds is 37. The van der Waals surface area contributed by atoms with Crippen LogP contribution in [0.25, 0.3) is 10.9 Å². The molecule has 0 saturated carbocycles. The number of H-pyrrole nitrogens is 2. The molecule has 2 heterocycles. The second kappa shape index (κ2) is 34.5. The SMILES string of the molecule is CC[C@H](C)[C@@](C)(CCC(=O)N[C@@H](CC(C)C)C(N)=O)NC(=O)[C@H](Cc1cnc[nH]1)NC(=O)CNC(=O)[C@@H](NC(=O)[C@H](C)NC(=O)[C@H](Cc1c[nH]c2ccccc12)NC(=O)[C@H](CCC(N)=O)NC(=O)CCCCNC(=O)c1ccc([N+](C)(C)C)c(C#N)c1)C(C)C. The number of aromatic nitrogens is 3. The highest BCUT2D eigenvalue weighted by Gasteiger charge is 2.37. The fourth-order valence-electron chi connectivity index (χ4n) is 10.0. The number of imidazole rings is 1. The highest BCUT2D eigenvalue weighted by atomic mass is 16.2. The van der Waals surface area contributed by atoms with Gasteiger partial charge in [-0.2, -0.15) is 5.26 Å². The number of hydrogen-bond acceptors (Lipinski definition) is 13. The van der Waals surface area contributed by atoms with Crippen LogP contribution in [0.3, 0.4) is 0 Å². The molecule has 27 heteroatoms. The molecule has 2 aromatic heterocycles. The van der Waals surface area contributed by atoms with E-state index < -0.39 is 119 Å². The van der Waals surface area contributed by atoms with E-state index in [1.165, 1.54) is 25.5 Å². The fourth-order valence-corrected chi connectivity index (χ4v) is 10.0. The zero-order valence-electron chi connectivity index (χ0n) is 53.6. The summed E-state index contributed by atoms with van der Waals surface area (Å²) in [5.41, 5.74) is 13.4. The Morgan fingerprint density at radius 1 is 0.700 bits per heavy atom. The normalized spacial score (nSPS) is 14.4. The molecule has 0 radical (unpaired) electrons. The number of carbonyl (C=O) groups excluding carboxylic acids is 11. The zero-order valence-corrected chi connectivity index (χ0v) is 53.6. The molecule has 0 aliphatic carbocycles. The highest BCUT2D eigenvalue weighted by molar-refractivity contribution is 5.98. The summed E-state index contributed by atoms with van der Waals surface area (Å²) in [7, 11) is 5.73. The van der Waals surface area contributed by atoms with Crippen molar-refractivity contribution >= 4 is 81.6 Å². The number of carbonyl (C=O) groups is 11. The van der Waals surface area contributed by atoms with E-state index in [0.717, 1.165) is 16.6 Å². The van der Waals surface area contributed by atoms with Gasteiger partial charge in [0.05, 0.1) is 34.0 Å². The van der Waals surface area contributed by atoms with Crippen LogP contribution < -0.4 is 63.8 Å². The third-order valence-electron chi connectivity index (χ3n) is 15.7. The lowest BCUT2D eigenvalue weighted by Crippen LogP contribution is -2.59. The number of hydrogen-bond donors (Lipinski definition) is 13. The Kier molecular flexibility index (Phi) is 28.1. The summed E-state index contributed by atoms with van der Waals surface area (Å²) < 4.78 is 0.387. The van der Waals surface area contributed by atoms with Gasteiger partial charge in [0.25, 0.3) is 5.91 Å². The van der Waals surface area contributed by atoms with Gasteiger partial charge in [0.1, 0.15) is 53.6 Å². The van der Waals surface area contributed by atoms with Crippen molar-refractivity contribution < 1.29 is 52.7 Å². The molecule has 15 N–H and O–H groups in total. The molecule has 0 aliphatic rings. The topological polar surface area (TPSA) is 416 Å². The van der Waals surface area contributed by atoms with Crippen molar-refractivity contribution in [3.05, 3.63) is 83.6 Å². The standard InChI is InChI=1S/C63H92N16O11/c1-12-38(6)63(8,25-24-53(82)74-47(56(66)84)27-36(2)3)78-61(89)49(30-43-33-67-35-71-43)75-54(83)34-70-62(90)55(37(4)5)77-57(85)39(7)72-60(88)48(29-42-32-69-45-18-14-13-17-44(42)45)76-59(87)46(21-23-51(65)80)73-52(81)19-15-16-26-68-58(86)40-20-22-50(79(9,10)11)41(28-40)31-64/h13-14,17-18,20,22,28,32-33,35-39,46-49,55,69H,12,15-16,19,21,23-27,29-30,34H2,1-11H3,(H13-,65,66,67,68,70,71,72,73,74,75,76,77,78,80,81,82,83,84,85,86,87,88,89,90)/p+1/t38-,39-,46-,47-,48-,49-,55-,63+/m0/s1. The Morgan fingerprint density at radius 3 is 1.98 bits per heavy atom. The number of benzene rings is 2. The third kappa shape index (κ3) is 23.1. The first kappa shape index (κ1) is 73.3. The van der Waals surface area contributed by atoms with Crippen LogP contribution in [0.5, 0.6) is 0 Å². The van der Waals surface area contributed by atoms with Crippen molar-refractivity contribution in [2.45, 2.75) is 168 Å². The van der Waals surface area contributed by atoms with E-state index in [-0.39, 0.29) is 63.3 Å². The van der Waals surface area contributed by atoms with Crippen LogP contribution in [0, 0.1) is 29.1 Å². The van der Waals surface area contributed by atoms with E-state index in [0.29, 0.717) is 52.6 Å². The number of unbranched alkanes of at least 4 members (excludes halogenated alkanes) is 1. The lowest BCUT2D eigenvalue weighted by molar-refractivity contribution is -0.135. The molecule has 27 nitrogen and oxygen atoms in total. The molecule has 90 heavy (non-hydrogen) atoms. The predicted octanol–water partition coefficient (Wildman–Crippen LogP) is 1.54. The van der Waals surface area contributed by atoms with Gasteiger partial charge in [-0.25, -0.2) is 4.98 Å². The fraction of sp³-hybridized carbons (Fsp3) is 0.540. The molecule has 0 bridgehead atoms. The summed E-state index contributed by atoms with van der Waals surface area (Å²) in [4.78, 5) is 158. The van der Waals surface area contributed by atoms with Gasteiger partial charge in [-0.15, -0.1) is 0 Å². The molecular weight excluding hydrogens is 1160 g/mol. The van der Waals surface area contributed by atoms with Crippen molar-refractivity contribution in [3.8, 4) is 6.07 Å². The summed E-state index contributed by atoms with van der Waals surface area (Å²) in [6.45, 7) is 13.7. The first-order valence-corrected chi connectivity index (χ1v) is 30.5. The van der Waals surface area contributed by atoms with Crippen LogP contribution in [-0.2, 0) is 60.8 Å². The molecule has 8 atom stereocenters.